The summed E-state index contributed by atoms with van der Waals surface area (Å²) in [5.74, 6) is -2.03. The van der Waals surface area contributed by atoms with Crippen LogP contribution < -0.4 is 5.32 Å². The number of carbonyl (C=O) groups excluding carboxylic acids is 3. The van der Waals surface area contributed by atoms with Crippen molar-refractivity contribution >= 4 is 44.7 Å². The van der Waals surface area contributed by atoms with E-state index in [2.05, 4.69) is 5.32 Å². The predicted octanol–water partition coefficient (Wildman–Crippen LogP) is 1.29. The summed E-state index contributed by atoms with van der Waals surface area (Å²) in [4.78, 5) is 37.1. The molecule has 2 aliphatic rings. The molecule has 1 saturated heterocycles. The normalized spacial score (nSPS) is 23.0. The van der Waals surface area contributed by atoms with E-state index in [1.807, 2.05) is 0 Å². The summed E-state index contributed by atoms with van der Waals surface area (Å²) in [6, 6.07) is 4.84. The third kappa shape index (κ3) is 4.20. The minimum Gasteiger partial charge on any atom is -0.347 e. The van der Waals surface area contributed by atoms with E-state index in [-0.39, 0.29) is 10.7 Å². The second-order valence-electron chi connectivity index (χ2n) is 5.65. The van der Waals surface area contributed by atoms with E-state index >= 15 is 0 Å². The van der Waals surface area contributed by atoms with Crippen molar-refractivity contribution in [3.63, 3.8) is 0 Å². The van der Waals surface area contributed by atoms with Crippen LogP contribution in [0.4, 0.5) is 9.18 Å². The average Bonchev–Trinajstić information content (AvgIpc) is 3.01. The maximum Gasteiger partial charge on any atom is 0.294 e. The number of carbonyl (C=O) groups is 3. The van der Waals surface area contributed by atoms with E-state index in [1.54, 1.807) is 6.07 Å². The largest absolute Gasteiger partial charge is 0.347 e. The van der Waals surface area contributed by atoms with Crippen LogP contribution in [0, 0.1) is 5.82 Å². The molecule has 10 heteroatoms. The smallest absolute Gasteiger partial charge is 0.294 e. The number of hydrogen-bond acceptors (Lipinski definition) is 6. The fourth-order valence-corrected chi connectivity index (χ4v) is 4.52. The summed E-state index contributed by atoms with van der Waals surface area (Å²) in [7, 11) is -3.32. The highest BCUT2D eigenvalue weighted by Gasteiger charge is 2.36. The van der Waals surface area contributed by atoms with Crippen LogP contribution in [0.3, 0.4) is 0 Å². The Bertz CT molecular complexity index is 955. The van der Waals surface area contributed by atoms with Gasteiger partial charge in [-0.1, -0.05) is 12.1 Å². The van der Waals surface area contributed by atoms with Gasteiger partial charge >= 0.3 is 0 Å². The topological polar surface area (TPSA) is 101 Å². The molecule has 0 bridgehead atoms. The van der Waals surface area contributed by atoms with Crippen LogP contribution >= 0.6 is 11.8 Å². The molecule has 0 radical (unpaired) electrons. The Morgan fingerprint density at radius 2 is 2.15 bits per heavy atom. The number of hydrogen-bond donors (Lipinski definition) is 1. The predicted molar refractivity (Wildman–Crippen MR) is 93.9 cm³/mol. The first-order valence-corrected chi connectivity index (χ1v) is 9.98. The molecule has 1 atom stereocenters. The number of sulfone groups is 1. The number of thioether (sulfide) groups is 1. The Morgan fingerprint density at radius 3 is 2.81 bits per heavy atom. The summed E-state index contributed by atoms with van der Waals surface area (Å²) in [5, 5.41) is 2.84. The van der Waals surface area contributed by atoms with Crippen molar-refractivity contribution in [2.24, 2.45) is 0 Å². The van der Waals surface area contributed by atoms with Gasteiger partial charge in [-0.05, 0) is 41.6 Å². The van der Waals surface area contributed by atoms with Gasteiger partial charge in [-0.25, -0.2) is 12.8 Å². The molecule has 0 spiro atoms. The van der Waals surface area contributed by atoms with Crippen LogP contribution in [0.2, 0.25) is 0 Å². The van der Waals surface area contributed by atoms with Crippen molar-refractivity contribution in [3.05, 3.63) is 52.0 Å². The lowest BCUT2D eigenvalue weighted by atomic mass is 10.2. The minimum atomic E-state index is -3.32. The van der Waals surface area contributed by atoms with Gasteiger partial charge in [0.1, 0.15) is 12.4 Å². The van der Waals surface area contributed by atoms with E-state index in [0.717, 1.165) is 10.3 Å². The summed E-state index contributed by atoms with van der Waals surface area (Å²) in [5.41, 5.74) is 0.418. The second kappa shape index (κ2) is 7.04. The average molecular weight is 396 g/mol. The molecular formula is C16H13FN2O5S2. The minimum absolute atomic E-state index is 0.0803. The van der Waals surface area contributed by atoms with Crippen molar-refractivity contribution in [2.45, 2.75) is 6.04 Å². The van der Waals surface area contributed by atoms with E-state index in [0.29, 0.717) is 17.3 Å². The third-order valence-electron chi connectivity index (χ3n) is 3.60. The Hall–Kier alpha value is -2.46. The molecule has 3 rings (SSSR count). The molecule has 2 heterocycles. The molecule has 26 heavy (non-hydrogen) atoms. The SMILES string of the molecule is O=C(CN1C(=O)S/C(=C/c2cccc(F)c2)C1=O)NC1C=CS(=O)(=O)C1. The maximum atomic E-state index is 13.2. The van der Waals surface area contributed by atoms with Gasteiger partial charge < -0.3 is 5.32 Å². The Kier molecular flexibility index (Phi) is 4.97. The highest BCUT2D eigenvalue weighted by molar-refractivity contribution is 8.18. The molecular weight excluding hydrogens is 383 g/mol. The Labute approximate surface area is 152 Å². The summed E-state index contributed by atoms with van der Waals surface area (Å²) in [6.07, 6.45) is 2.71. The van der Waals surface area contributed by atoms with Gasteiger partial charge in [0, 0.05) is 5.41 Å². The molecule has 2 aliphatic heterocycles. The quantitative estimate of drug-likeness (QED) is 0.770. The third-order valence-corrected chi connectivity index (χ3v) is 5.90. The van der Waals surface area contributed by atoms with Crippen LogP contribution in [-0.2, 0) is 19.4 Å². The standard InChI is InChI=1S/C16H13FN2O5S2/c17-11-3-1-2-10(6-11)7-13-15(21)19(16(22)25-13)8-14(20)18-12-4-5-26(23,24)9-12/h1-7,12H,8-9H2,(H,18,20)/b13-7+. The van der Waals surface area contributed by atoms with Crippen molar-refractivity contribution in [2.75, 3.05) is 12.3 Å². The summed E-state index contributed by atoms with van der Waals surface area (Å²) < 4.78 is 35.8. The number of amides is 3. The van der Waals surface area contributed by atoms with Gasteiger partial charge in [-0.2, -0.15) is 0 Å². The van der Waals surface area contributed by atoms with Crippen molar-refractivity contribution < 1.29 is 27.2 Å². The van der Waals surface area contributed by atoms with Gasteiger partial charge in [0.15, 0.2) is 9.84 Å². The summed E-state index contributed by atoms with van der Waals surface area (Å²) in [6.45, 7) is -0.518. The van der Waals surface area contributed by atoms with Gasteiger partial charge in [-0.15, -0.1) is 0 Å². The molecule has 1 aromatic rings. The van der Waals surface area contributed by atoms with Gasteiger partial charge in [0.25, 0.3) is 11.1 Å². The van der Waals surface area contributed by atoms with Gasteiger partial charge in [-0.3, -0.25) is 19.3 Å². The number of nitrogens with zero attached hydrogens (tertiary/aromatic N) is 1. The molecule has 7 nitrogen and oxygen atoms in total. The lowest BCUT2D eigenvalue weighted by Gasteiger charge is -2.14. The number of nitrogens with one attached hydrogen (secondary N) is 1. The Morgan fingerprint density at radius 1 is 1.38 bits per heavy atom. The molecule has 1 fully saturated rings. The fourth-order valence-electron chi connectivity index (χ4n) is 2.45. The fraction of sp³-hybridized carbons (Fsp3) is 0.188. The maximum absolute atomic E-state index is 13.2. The number of rotatable bonds is 4. The number of imide groups is 1. The van der Waals surface area contributed by atoms with E-state index in [1.165, 1.54) is 30.4 Å². The van der Waals surface area contributed by atoms with Gasteiger partial charge in [0.2, 0.25) is 5.91 Å². The van der Waals surface area contributed by atoms with E-state index < -0.39 is 45.3 Å². The lowest BCUT2D eigenvalue weighted by Crippen LogP contribution is -2.43. The van der Waals surface area contributed by atoms with Crippen LogP contribution in [0.15, 0.2) is 40.7 Å². The van der Waals surface area contributed by atoms with Crippen LogP contribution in [0.5, 0.6) is 0 Å². The zero-order chi connectivity index (χ0) is 18.9. The first-order valence-electron chi connectivity index (χ1n) is 7.45. The first-order chi connectivity index (χ1) is 12.2. The van der Waals surface area contributed by atoms with Gasteiger partial charge in [0.05, 0.1) is 16.7 Å². The lowest BCUT2D eigenvalue weighted by molar-refractivity contribution is -0.129. The van der Waals surface area contributed by atoms with Crippen molar-refractivity contribution in [1.29, 1.82) is 0 Å². The van der Waals surface area contributed by atoms with Crippen molar-refractivity contribution in [1.82, 2.24) is 10.2 Å². The van der Waals surface area contributed by atoms with Crippen LogP contribution in [0.1, 0.15) is 5.56 Å². The highest BCUT2D eigenvalue weighted by atomic mass is 32.2. The summed E-state index contributed by atoms with van der Waals surface area (Å²) >= 11 is 0.653. The molecule has 0 aliphatic carbocycles. The zero-order valence-electron chi connectivity index (χ0n) is 13.2. The molecule has 0 saturated carbocycles. The molecule has 1 aromatic carbocycles. The van der Waals surface area contributed by atoms with Crippen molar-refractivity contribution in [3.8, 4) is 0 Å². The van der Waals surface area contributed by atoms with Crippen LogP contribution in [-0.4, -0.2) is 48.7 Å². The highest BCUT2D eigenvalue weighted by Crippen LogP contribution is 2.32. The molecule has 1 unspecified atom stereocenters. The molecule has 1 N–H and O–H groups in total. The number of halogens is 1. The van der Waals surface area contributed by atoms with Crippen LogP contribution in [0.25, 0.3) is 6.08 Å². The van der Waals surface area contributed by atoms with E-state index in [9.17, 15) is 27.2 Å². The molecule has 3 amide bonds. The monoisotopic (exact) mass is 396 g/mol. The Balaban J connectivity index is 1.66. The first kappa shape index (κ1) is 18.3. The zero-order valence-corrected chi connectivity index (χ0v) is 14.8. The molecule has 0 aromatic heterocycles. The molecule has 136 valence electrons. The van der Waals surface area contributed by atoms with E-state index in [4.69, 9.17) is 0 Å². The number of benzene rings is 1. The second-order valence-corrected chi connectivity index (χ2v) is 8.58.